The average Bonchev–Trinajstić information content (AvgIpc) is 2.74. The van der Waals surface area contributed by atoms with Crippen molar-refractivity contribution in [3.8, 4) is 11.3 Å². The van der Waals surface area contributed by atoms with Gasteiger partial charge in [0.15, 0.2) is 11.6 Å². The first-order valence-corrected chi connectivity index (χ1v) is 11.4. The summed E-state index contributed by atoms with van der Waals surface area (Å²) < 4.78 is 0. The van der Waals surface area contributed by atoms with Crippen LogP contribution in [0.3, 0.4) is 0 Å². The molecule has 0 bridgehead atoms. The number of benzene rings is 2. The summed E-state index contributed by atoms with van der Waals surface area (Å²) in [6.07, 6.45) is 4.09. The Labute approximate surface area is 176 Å². The van der Waals surface area contributed by atoms with E-state index in [2.05, 4.69) is 21.0 Å². The predicted octanol–water partition coefficient (Wildman–Crippen LogP) is 3.67. The highest BCUT2D eigenvalue weighted by Gasteiger charge is 2.13. The molecule has 4 rings (SSSR count). The highest BCUT2D eigenvalue weighted by Crippen LogP contribution is 2.31. The van der Waals surface area contributed by atoms with Crippen LogP contribution in [0, 0.1) is 0 Å². The zero-order valence-electron chi connectivity index (χ0n) is 16.6. The number of fused-ring (bicyclic) bond motifs is 1. The topological polar surface area (TPSA) is 114 Å². The van der Waals surface area contributed by atoms with Gasteiger partial charge in [-0.25, -0.2) is 15.8 Å². The third-order valence-corrected chi connectivity index (χ3v) is 5.56. The van der Waals surface area contributed by atoms with E-state index in [0.717, 1.165) is 27.6 Å². The van der Waals surface area contributed by atoms with Crippen molar-refractivity contribution in [3.05, 3.63) is 78.1 Å². The van der Waals surface area contributed by atoms with Crippen LogP contribution in [0.4, 0.5) is 11.6 Å². The molecule has 1 unspecified atom stereocenters. The minimum Gasteiger partial charge on any atom is -0.381 e. The molecule has 0 spiro atoms. The van der Waals surface area contributed by atoms with E-state index >= 15 is 0 Å². The van der Waals surface area contributed by atoms with Crippen LogP contribution in [-0.4, -0.2) is 26.5 Å². The molecule has 0 saturated heterocycles. The Morgan fingerprint density at radius 1 is 1.03 bits per heavy atom. The van der Waals surface area contributed by atoms with E-state index in [1.54, 1.807) is 12.4 Å². The van der Waals surface area contributed by atoms with Gasteiger partial charge >= 0.3 is 0 Å². The highest BCUT2D eigenvalue weighted by atomic mass is 31.1. The molecule has 0 amide bonds. The van der Waals surface area contributed by atoms with Crippen molar-refractivity contribution < 1.29 is 4.89 Å². The van der Waals surface area contributed by atoms with Crippen LogP contribution in [-0.2, 0) is 12.7 Å². The van der Waals surface area contributed by atoms with Gasteiger partial charge in [-0.3, -0.25) is 9.99 Å². The molecule has 8 heteroatoms. The molecule has 2 aromatic carbocycles. The minimum absolute atomic E-state index is 0.275. The fraction of sp³-hybridized carbons (Fsp3) is 0.136. The Morgan fingerprint density at radius 2 is 1.80 bits per heavy atom. The molecule has 1 atom stereocenters. The second kappa shape index (κ2) is 8.71. The van der Waals surface area contributed by atoms with Gasteiger partial charge in [0.2, 0.25) is 0 Å². The number of nitrogens with zero attached hydrogens (tertiary/aromatic N) is 4. The third-order valence-electron chi connectivity index (χ3n) is 4.73. The van der Waals surface area contributed by atoms with E-state index in [1.807, 2.05) is 55.2 Å². The van der Waals surface area contributed by atoms with Crippen molar-refractivity contribution >= 4 is 30.7 Å². The number of anilines is 2. The van der Waals surface area contributed by atoms with Crippen LogP contribution in [0.5, 0.6) is 0 Å². The van der Waals surface area contributed by atoms with Crippen molar-refractivity contribution in [2.45, 2.75) is 12.7 Å². The molecule has 0 aliphatic carbocycles. The van der Waals surface area contributed by atoms with Gasteiger partial charge in [0.25, 0.3) is 0 Å². The number of hydrazine groups is 1. The summed E-state index contributed by atoms with van der Waals surface area (Å²) in [5, 5.41) is 2.56. The quantitative estimate of drug-likeness (QED) is 0.249. The Morgan fingerprint density at radius 3 is 2.57 bits per heavy atom. The van der Waals surface area contributed by atoms with Gasteiger partial charge in [0, 0.05) is 31.5 Å². The van der Waals surface area contributed by atoms with Crippen LogP contribution in [0.25, 0.3) is 22.2 Å². The van der Waals surface area contributed by atoms with Gasteiger partial charge < -0.3 is 10.6 Å². The number of hydrogen-bond donors (Lipinski definition) is 3. The van der Waals surface area contributed by atoms with Gasteiger partial charge in [0.1, 0.15) is 0 Å². The van der Waals surface area contributed by atoms with Crippen molar-refractivity contribution in [2.75, 3.05) is 17.4 Å². The lowest BCUT2D eigenvalue weighted by Gasteiger charge is -2.19. The molecule has 5 N–H and O–H groups in total. The summed E-state index contributed by atoms with van der Waals surface area (Å²) in [6.45, 7) is 2.27. The Balaban J connectivity index is 1.57. The summed E-state index contributed by atoms with van der Waals surface area (Å²) in [4.78, 5) is 22.9. The molecule has 152 valence electrons. The summed E-state index contributed by atoms with van der Waals surface area (Å²) in [5.41, 5.74) is 10.7. The van der Waals surface area contributed by atoms with Gasteiger partial charge in [-0.1, -0.05) is 36.4 Å². The summed E-state index contributed by atoms with van der Waals surface area (Å²) in [7, 11) is -0.966. The minimum atomic E-state index is -0.966. The lowest BCUT2D eigenvalue weighted by molar-refractivity contribution is 0.629. The first-order valence-electron chi connectivity index (χ1n) is 9.47. The molecular formula is C22H23N6OP. The van der Waals surface area contributed by atoms with Gasteiger partial charge in [-0.05, 0) is 36.0 Å². The van der Waals surface area contributed by atoms with E-state index in [1.165, 1.54) is 5.01 Å². The number of nitrogen functional groups attached to an aromatic ring is 1. The second-order valence-corrected chi connectivity index (χ2v) is 8.77. The molecular weight excluding hydrogens is 395 g/mol. The normalized spacial score (nSPS) is 12.1. The number of pyridine rings is 1. The summed E-state index contributed by atoms with van der Waals surface area (Å²) >= 11 is 0. The van der Waals surface area contributed by atoms with Crippen molar-refractivity contribution in [1.29, 1.82) is 0 Å². The fourth-order valence-corrected chi connectivity index (χ4v) is 4.02. The van der Waals surface area contributed by atoms with Crippen molar-refractivity contribution in [2.24, 2.45) is 5.84 Å². The number of hydrogen-bond acceptors (Lipinski definition) is 7. The predicted molar refractivity (Wildman–Crippen MR) is 123 cm³/mol. The maximum absolute atomic E-state index is 9.61. The van der Waals surface area contributed by atoms with Crippen LogP contribution in [0.15, 0.2) is 67.0 Å². The van der Waals surface area contributed by atoms with Crippen molar-refractivity contribution in [1.82, 2.24) is 15.0 Å². The van der Waals surface area contributed by atoms with Gasteiger partial charge in [0.05, 0.1) is 24.0 Å². The molecule has 2 heterocycles. The average molecular weight is 418 g/mol. The molecule has 0 fully saturated rings. The molecule has 4 aromatic rings. The molecule has 7 nitrogen and oxygen atoms in total. The van der Waals surface area contributed by atoms with E-state index in [4.69, 9.17) is 11.6 Å². The third kappa shape index (κ3) is 4.54. The molecule has 0 aliphatic heterocycles. The van der Waals surface area contributed by atoms with Crippen LogP contribution < -0.4 is 16.6 Å². The zero-order valence-corrected chi connectivity index (χ0v) is 17.5. The van der Waals surface area contributed by atoms with Crippen LogP contribution >= 0.6 is 8.15 Å². The van der Waals surface area contributed by atoms with E-state index < -0.39 is 8.15 Å². The SMILES string of the molecule is CP(O)Cc1ccc(-c2cnc(N)c(N(N)Cc3ccc4ncccc4c3)n2)cc1. The number of aromatic nitrogens is 3. The van der Waals surface area contributed by atoms with E-state index in [0.29, 0.717) is 24.2 Å². The van der Waals surface area contributed by atoms with Crippen molar-refractivity contribution in [3.63, 3.8) is 0 Å². The van der Waals surface area contributed by atoms with E-state index in [-0.39, 0.29) is 5.82 Å². The molecule has 2 aromatic heterocycles. The Hall–Kier alpha value is -3.12. The van der Waals surface area contributed by atoms with Gasteiger partial charge in [-0.15, -0.1) is 0 Å². The summed E-state index contributed by atoms with van der Waals surface area (Å²) in [6, 6.07) is 17.9. The maximum Gasteiger partial charge on any atom is 0.186 e. The number of nitrogens with two attached hydrogens (primary N) is 2. The Bertz CT molecular complexity index is 1170. The summed E-state index contributed by atoms with van der Waals surface area (Å²) in [5.74, 6) is 7.01. The molecule has 0 radical (unpaired) electrons. The van der Waals surface area contributed by atoms with Crippen LogP contribution in [0.1, 0.15) is 11.1 Å². The highest BCUT2D eigenvalue weighted by molar-refractivity contribution is 7.49. The smallest absolute Gasteiger partial charge is 0.186 e. The first-order chi connectivity index (χ1) is 14.5. The Kier molecular flexibility index (Phi) is 5.86. The largest absolute Gasteiger partial charge is 0.381 e. The molecule has 0 saturated carbocycles. The fourth-order valence-electron chi connectivity index (χ4n) is 3.28. The zero-order chi connectivity index (χ0) is 21.1. The first kappa shape index (κ1) is 20.2. The second-order valence-electron chi connectivity index (χ2n) is 7.14. The standard InChI is InChI=1S/C22H23N6OP/c1-30(29)14-15-4-7-17(8-5-15)20-12-26-21(23)22(27-20)28(24)13-16-6-9-19-18(11-16)3-2-10-25-19/h2-12,29H,13-14,24H2,1H3,(H2,23,26). The molecule has 0 aliphatic rings. The lowest BCUT2D eigenvalue weighted by atomic mass is 10.1. The maximum atomic E-state index is 9.61. The van der Waals surface area contributed by atoms with Crippen LogP contribution in [0.2, 0.25) is 0 Å². The van der Waals surface area contributed by atoms with Gasteiger partial charge in [-0.2, -0.15) is 0 Å². The lowest BCUT2D eigenvalue weighted by Crippen LogP contribution is -2.32. The molecule has 30 heavy (non-hydrogen) atoms. The monoisotopic (exact) mass is 418 g/mol. The van der Waals surface area contributed by atoms with E-state index in [9.17, 15) is 4.89 Å². The number of rotatable bonds is 6.